The molecule has 0 aromatic heterocycles. The van der Waals surface area contributed by atoms with Crippen molar-refractivity contribution in [3.63, 3.8) is 0 Å². The van der Waals surface area contributed by atoms with Crippen LogP contribution in [0.1, 0.15) is 29.5 Å². The fraction of sp³-hybridized carbons (Fsp3) is 0.381. The first-order valence-corrected chi connectivity index (χ1v) is 8.67. The summed E-state index contributed by atoms with van der Waals surface area (Å²) in [4.78, 5) is 14.9. The Hall–Kier alpha value is -2.13. The highest BCUT2D eigenvalue weighted by molar-refractivity contribution is 5.74. The minimum atomic E-state index is -0.0882. The maximum atomic E-state index is 12.5. The van der Waals surface area contributed by atoms with E-state index in [1.54, 1.807) is 0 Å². The maximum absolute atomic E-state index is 12.5. The highest BCUT2D eigenvalue weighted by atomic mass is 16.5. The molecule has 3 rings (SSSR count). The highest BCUT2D eigenvalue weighted by Crippen LogP contribution is 2.35. The lowest BCUT2D eigenvalue weighted by molar-refractivity contribution is -0.148. The van der Waals surface area contributed by atoms with Gasteiger partial charge in [-0.15, -0.1) is 0 Å². The van der Waals surface area contributed by atoms with Gasteiger partial charge < -0.3 is 4.74 Å². The first-order chi connectivity index (χ1) is 11.7. The van der Waals surface area contributed by atoms with Crippen molar-refractivity contribution in [2.45, 2.75) is 26.3 Å². The van der Waals surface area contributed by atoms with Crippen LogP contribution < -0.4 is 0 Å². The van der Waals surface area contributed by atoms with Crippen molar-refractivity contribution in [2.75, 3.05) is 19.7 Å². The lowest BCUT2D eigenvalue weighted by Crippen LogP contribution is -2.25. The van der Waals surface area contributed by atoms with Gasteiger partial charge in [0.05, 0.1) is 12.5 Å². The van der Waals surface area contributed by atoms with Crippen LogP contribution in [0.15, 0.2) is 54.6 Å². The lowest BCUT2D eigenvalue weighted by Gasteiger charge is -2.19. The van der Waals surface area contributed by atoms with E-state index in [0.29, 0.717) is 6.61 Å². The van der Waals surface area contributed by atoms with E-state index in [2.05, 4.69) is 60.4 Å². The Morgan fingerprint density at radius 1 is 1.08 bits per heavy atom. The number of hydrogen-bond acceptors (Lipinski definition) is 3. The molecule has 3 nitrogen and oxygen atoms in total. The van der Waals surface area contributed by atoms with Crippen molar-refractivity contribution in [1.82, 2.24) is 4.90 Å². The highest BCUT2D eigenvalue weighted by Gasteiger charge is 2.39. The van der Waals surface area contributed by atoms with Gasteiger partial charge in [0.15, 0.2) is 0 Å². The van der Waals surface area contributed by atoms with E-state index in [9.17, 15) is 4.79 Å². The molecule has 2 aromatic carbocycles. The van der Waals surface area contributed by atoms with E-state index in [4.69, 9.17) is 4.74 Å². The molecule has 0 bridgehead atoms. The zero-order valence-corrected chi connectivity index (χ0v) is 14.4. The molecular weight excluding hydrogens is 298 g/mol. The Bertz CT molecular complexity index is 683. The third kappa shape index (κ3) is 3.68. The number of benzene rings is 2. The molecule has 3 heteroatoms. The second-order valence-electron chi connectivity index (χ2n) is 6.50. The van der Waals surface area contributed by atoms with E-state index in [0.717, 1.165) is 19.6 Å². The van der Waals surface area contributed by atoms with Crippen LogP contribution >= 0.6 is 0 Å². The third-order valence-electron chi connectivity index (χ3n) is 4.82. The number of ether oxygens (including phenoxy) is 1. The number of likely N-dealkylation sites (tertiary alicyclic amines) is 1. The van der Waals surface area contributed by atoms with Crippen LogP contribution in [0.2, 0.25) is 0 Å². The van der Waals surface area contributed by atoms with Crippen LogP contribution in [-0.2, 0) is 16.1 Å². The number of aryl methyl sites for hydroxylation is 1. The molecule has 2 unspecified atom stereocenters. The Balaban J connectivity index is 1.82. The molecule has 1 saturated heterocycles. The summed E-state index contributed by atoms with van der Waals surface area (Å²) in [5.74, 6) is 0.0463. The van der Waals surface area contributed by atoms with Gasteiger partial charge in [0, 0.05) is 25.6 Å². The van der Waals surface area contributed by atoms with Gasteiger partial charge in [0.2, 0.25) is 0 Å². The number of rotatable bonds is 5. The van der Waals surface area contributed by atoms with Crippen LogP contribution in [0.3, 0.4) is 0 Å². The minimum absolute atomic E-state index is 0.0682. The average molecular weight is 323 g/mol. The van der Waals surface area contributed by atoms with E-state index in [1.165, 1.54) is 16.7 Å². The molecule has 2 aromatic rings. The fourth-order valence-electron chi connectivity index (χ4n) is 3.66. The lowest BCUT2D eigenvalue weighted by atomic mass is 9.86. The number of carbonyl (C=O) groups is 1. The summed E-state index contributed by atoms with van der Waals surface area (Å²) in [6, 6.07) is 18.8. The number of esters is 1. The smallest absolute Gasteiger partial charge is 0.310 e. The predicted octanol–water partition coefficient (Wildman–Crippen LogP) is 3.77. The molecule has 0 aliphatic carbocycles. The largest absolute Gasteiger partial charge is 0.466 e. The Kier molecular flexibility index (Phi) is 5.31. The maximum Gasteiger partial charge on any atom is 0.310 e. The molecule has 0 radical (unpaired) electrons. The number of hydrogen-bond donors (Lipinski definition) is 0. The molecule has 0 saturated carbocycles. The molecule has 1 aliphatic heterocycles. The van der Waals surface area contributed by atoms with Gasteiger partial charge in [-0.2, -0.15) is 0 Å². The summed E-state index contributed by atoms with van der Waals surface area (Å²) in [7, 11) is 0. The molecule has 0 N–H and O–H groups in total. The second kappa shape index (κ2) is 7.63. The van der Waals surface area contributed by atoms with Gasteiger partial charge in [-0.25, -0.2) is 0 Å². The van der Waals surface area contributed by atoms with E-state index < -0.39 is 0 Å². The van der Waals surface area contributed by atoms with Crippen molar-refractivity contribution in [3.05, 3.63) is 71.3 Å². The third-order valence-corrected chi connectivity index (χ3v) is 4.82. The molecular formula is C21H25NO2. The van der Waals surface area contributed by atoms with Gasteiger partial charge in [0.25, 0.3) is 0 Å². The Morgan fingerprint density at radius 3 is 2.50 bits per heavy atom. The summed E-state index contributed by atoms with van der Waals surface area (Å²) in [5, 5.41) is 0. The van der Waals surface area contributed by atoms with Gasteiger partial charge in [-0.3, -0.25) is 9.69 Å². The topological polar surface area (TPSA) is 29.5 Å². The van der Waals surface area contributed by atoms with Crippen molar-refractivity contribution < 1.29 is 9.53 Å². The first kappa shape index (κ1) is 16.7. The molecule has 126 valence electrons. The molecule has 1 fully saturated rings. The van der Waals surface area contributed by atoms with Crippen LogP contribution in [-0.4, -0.2) is 30.6 Å². The second-order valence-corrected chi connectivity index (χ2v) is 6.50. The molecule has 2 atom stereocenters. The zero-order valence-electron chi connectivity index (χ0n) is 14.4. The molecule has 1 aliphatic rings. The van der Waals surface area contributed by atoms with E-state index in [1.807, 2.05) is 13.0 Å². The van der Waals surface area contributed by atoms with Crippen LogP contribution in [0, 0.1) is 12.8 Å². The van der Waals surface area contributed by atoms with Gasteiger partial charge in [-0.1, -0.05) is 54.6 Å². The summed E-state index contributed by atoms with van der Waals surface area (Å²) in [5.41, 5.74) is 3.80. The molecule has 1 heterocycles. The van der Waals surface area contributed by atoms with E-state index >= 15 is 0 Å². The summed E-state index contributed by atoms with van der Waals surface area (Å²) >= 11 is 0. The predicted molar refractivity (Wildman–Crippen MR) is 95.8 cm³/mol. The van der Waals surface area contributed by atoms with Crippen LogP contribution in [0.25, 0.3) is 0 Å². The molecule has 0 spiro atoms. The van der Waals surface area contributed by atoms with Crippen molar-refractivity contribution in [2.24, 2.45) is 5.92 Å². The standard InChI is InChI=1S/C21H25NO2/c1-3-24-21(23)20-15-22(13-17-10-5-4-6-11-17)14-19(20)18-12-8-7-9-16(18)2/h4-12,19-20H,3,13-15H2,1-2H3. The normalized spacial score (nSPS) is 20.9. The monoisotopic (exact) mass is 323 g/mol. The zero-order chi connectivity index (χ0) is 16.9. The van der Waals surface area contributed by atoms with Crippen molar-refractivity contribution in [3.8, 4) is 0 Å². The van der Waals surface area contributed by atoms with Crippen molar-refractivity contribution in [1.29, 1.82) is 0 Å². The van der Waals surface area contributed by atoms with Crippen LogP contribution in [0.4, 0.5) is 0 Å². The summed E-state index contributed by atoms with van der Waals surface area (Å²) in [6.07, 6.45) is 0. The average Bonchev–Trinajstić information content (AvgIpc) is 3.00. The van der Waals surface area contributed by atoms with E-state index in [-0.39, 0.29) is 17.8 Å². The summed E-state index contributed by atoms with van der Waals surface area (Å²) in [6.45, 7) is 6.96. The van der Waals surface area contributed by atoms with Gasteiger partial charge >= 0.3 is 5.97 Å². The summed E-state index contributed by atoms with van der Waals surface area (Å²) < 4.78 is 5.35. The van der Waals surface area contributed by atoms with Gasteiger partial charge in [-0.05, 0) is 30.5 Å². The number of nitrogens with zero attached hydrogens (tertiary/aromatic N) is 1. The number of carbonyl (C=O) groups excluding carboxylic acids is 1. The van der Waals surface area contributed by atoms with Crippen LogP contribution in [0.5, 0.6) is 0 Å². The Morgan fingerprint density at radius 2 is 1.79 bits per heavy atom. The van der Waals surface area contributed by atoms with Gasteiger partial charge in [0.1, 0.15) is 0 Å². The molecule has 0 amide bonds. The SMILES string of the molecule is CCOC(=O)C1CN(Cc2ccccc2)CC1c1ccccc1C. The quantitative estimate of drug-likeness (QED) is 0.784. The first-order valence-electron chi connectivity index (χ1n) is 8.67. The molecule has 24 heavy (non-hydrogen) atoms. The minimum Gasteiger partial charge on any atom is -0.466 e. The Labute approximate surface area is 144 Å². The van der Waals surface area contributed by atoms with Crippen molar-refractivity contribution >= 4 is 5.97 Å². The fourth-order valence-corrected chi connectivity index (χ4v) is 3.66.